The zero-order valence-corrected chi connectivity index (χ0v) is 13.5. The molecular formula is C18H15FN2O2S. The fourth-order valence-corrected chi connectivity index (χ4v) is 3.06. The highest BCUT2D eigenvalue weighted by atomic mass is 32.1. The van der Waals surface area contributed by atoms with Crippen LogP contribution in [-0.2, 0) is 13.0 Å². The number of halogens is 1. The summed E-state index contributed by atoms with van der Waals surface area (Å²) < 4.78 is 12.9. The molecule has 1 aromatic heterocycles. The lowest BCUT2D eigenvalue weighted by atomic mass is 10.2. The van der Waals surface area contributed by atoms with Gasteiger partial charge in [-0.2, -0.15) is 0 Å². The van der Waals surface area contributed by atoms with E-state index in [4.69, 9.17) is 5.11 Å². The molecule has 2 aromatic carbocycles. The van der Waals surface area contributed by atoms with Crippen LogP contribution >= 0.6 is 11.3 Å². The second kappa shape index (κ2) is 7.33. The van der Waals surface area contributed by atoms with Crippen LogP contribution in [-0.4, -0.2) is 16.0 Å². The molecule has 1 heterocycles. The maximum Gasteiger partial charge on any atom is 0.267 e. The zero-order chi connectivity index (χ0) is 16.9. The summed E-state index contributed by atoms with van der Waals surface area (Å²) in [6.45, 7) is -0.0773. The molecule has 4 nitrogen and oxygen atoms in total. The summed E-state index contributed by atoms with van der Waals surface area (Å²) in [4.78, 5) is 17.0. The molecule has 0 aliphatic heterocycles. The van der Waals surface area contributed by atoms with E-state index >= 15 is 0 Å². The van der Waals surface area contributed by atoms with Crippen LogP contribution in [0, 0.1) is 5.82 Å². The van der Waals surface area contributed by atoms with Crippen LogP contribution < -0.4 is 5.32 Å². The van der Waals surface area contributed by atoms with Crippen molar-refractivity contribution in [2.75, 3.05) is 5.32 Å². The summed E-state index contributed by atoms with van der Waals surface area (Å²) in [7, 11) is 0. The Bertz CT molecular complexity index is 846. The highest BCUT2D eigenvalue weighted by molar-refractivity contribution is 7.13. The maximum atomic E-state index is 12.9. The van der Waals surface area contributed by atoms with Gasteiger partial charge in [-0.15, -0.1) is 11.3 Å². The quantitative estimate of drug-likeness (QED) is 0.744. The number of thiazole rings is 1. The Morgan fingerprint density at radius 1 is 1.17 bits per heavy atom. The lowest BCUT2D eigenvalue weighted by Gasteiger charge is -2.04. The van der Waals surface area contributed by atoms with Gasteiger partial charge in [0.1, 0.15) is 10.7 Å². The number of rotatable bonds is 5. The molecule has 0 spiro atoms. The minimum atomic E-state index is -0.275. The summed E-state index contributed by atoms with van der Waals surface area (Å²) in [6, 6.07) is 13.3. The number of amides is 1. The van der Waals surface area contributed by atoms with Gasteiger partial charge in [-0.05, 0) is 35.4 Å². The van der Waals surface area contributed by atoms with E-state index in [9.17, 15) is 9.18 Å². The van der Waals surface area contributed by atoms with Crippen molar-refractivity contribution >= 4 is 22.9 Å². The topological polar surface area (TPSA) is 62.2 Å². The first-order valence-electron chi connectivity index (χ1n) is 7.34. The molecule has 0 unspecified atom stereocenters. The van der Waals surface area contributed by atoms with Gasteiger partial charge < -0.3 is 10.4 Å². The first-order valence-corrected chi connectivity index (χ1v) is 8.16. The fourth-order valence-electron chi connectivity index (χ4n) is 2.21. The molecular weight excluding hydrogens is 327 g/mol. The van der Waals surface area contributed by atoms with E-state index in [1.54, 1.807) is 36.4 Å². The van der Waals surface area contributed by atoms with Gasteiger partial charge in [0.2, 0.25) is 0 Å². The Labute approximate surface area is 142 Å². The molecule has 0 aliphatic rings. The largest absolute Gasteiger partial charge is 0.392 e. The first-order chi connectivity index (χ1) is 11.6. The van der Waals surface area contributed by atoms with Gasteiger partial charge >= 0.3 is 0 Å². The number of carbonyl (C=O) groups excluding carboxylic acids is 1. The van der Waals surface area contributed by atoms with Crippen molar-refractivity contribution in [3.05, 3.63) is 81.6 Å². The van der Waals surface area contributed by atoms with Crippen LogP contribution in [0.15, 0.2) is 54.7 Å². The second-order valence-corrected chi connectivity index (χ2v) is 6.35. The first kappa shape index (κ1) is 16.3. The normalized spacial score (nSPS) is 10.6. The number of hydrogen-bond acceptors (Lipinski definition) is 4. The third-order valence-corrected chi connectivity index (χ3v) is 4.41. The minimum Gasteiger partial charge on any atom is -0.392 e. The van der Waals surface area contributed by atoms with Crippen molar-refractivity contribution in [2.45, 2.75) is 13.0 Å². The summed E-state index contributed by atoms with van der Waals surface area (Å²) in [6.07, 6.45) is 2.09. The predicted molar refractivity (Wildman–Crippen MR) is 91.6 cm³/mol. The lowest BCUT2D eigenvalue weighted by Crippen LogP contribution is -2.10. The number of nitrogens with zero attached hydrogens (tertiary/aromatic N) is 1. The molecule has 122 valence electrons. The maximum absolute atomic E-state index is 12.9. The van der Waals surface area contributed by atoms with Crippen molar-refractivity contribution in [2.24, 2.45) is 0 Å². The van der Waals surface area contributed by atoms with Crippen molar-refractivity contribution in [3.8, 4) is 0 Å². The van der Waals surface area contributed by atoms with E-state index in [0.717, 1.165) is 16.1 Å². The van der Waals surface area contributed by atoms with Crippen LogP contribution in [0.2, 0.25) is 0 Å². The van der Waals surface area contributed by atoms with Gasteiger partial charge in [-0.3, -0.25) is 4.79 Å². The van der Waals surface area contributed by atoms with Crippen molar-refractivity contribution < 1.29 is 14.3 Å². The van der Waals surface area contributed by atoms with E-state index in [2.05, 4.69) is 10.3 Å². The third kappa shape index (κ3) is 4.04. The summed E-state index contributed by atoms with van der Waals surface area (Å²) in [5.41, 5.74) is 2.29. The van der Waals surface area contributed by atoms with E-state index in [1.165, 1.54) is 29.7 Å². The van der Waals surface area contributed by atoms with Crippen LogP contribution in [0.1, 0.15) is 25.8 Å². The van der Waals surface area contributed by atoms with Crippen LogP contribution in [0.4, 0.5) is 10.1 Å². The number of aromatic nitrogens is 1. The number of aliphatic hydroxyl groups is 1. The summed E-state index contributed by atoms with van der Waals surface area (Å²) in [5.74, 6) is -0.518. The molecule has 3 rings (SSSR count). The lowest BCUT2D eigenvalue weighted by molar-refractivity contribution is 0.103. The van der Waals surface area contributed by atoms with E-state index in [0.29, 0.717) is 17.0 Å². The molecule has 6 heteroatoms. The zero-order valence-electron chi connectivity index (χ0n) is 12.7. The highest BCUT2D eigenvalue weighted by Gasteiger charge is 2.11. The van der Waals surface area contributed by atoms with Gasteiger partial charge in [0, 0.05) is 12.1 Å². The Kier molecular flexibility index (Phi) is 4.98. The van der Waals surface area contributed by atoms with Gasteiger partial charge in [-0.1, -0.05) is 24.3 Å². The highest BCUT2D eigenvalue weighted by Crippen LogP contribution is 2.19. The van der Waals surface area contributed by atoms with Gasteiger partial charge in [0.25, 0.3) is 5.91 Å². The molecule has 0 radical (unpaired) electrons. The van der Waals surface area contributed by atoms with Gasteiger partial charge in [0.05, 0.1) is 17.8 Å². The smallest absolute Gasteiger partial charge is 0.267 e. The van der Waals surface area contributed by atoms with E-state index in [-0.39, 0.29) is 18.3 Å². The summed E-state index contributed by atoms with van der Waals surface area (Å²) >= 11 is 1.30. The molecule has 0 saturated carbocycles. The molecule has 3 aromatic rings. The van der Waals surface area contributed by atoms with E-state index < -0.39 is 0 Å². The van der Waals surface area contributed by atoms with Crippen molar-refractivity contribution in [1.82, 2.24) is 4.98 Å². The Morgan fingerprint density at radius 3 is 2.71 bits per heavy atom. The molecule has 2 N–H and O–H groups in total. The monoisotopic (exact) mass is 342 g/mol. The molecule has 1 amide bonds. The second-order valence-electron chi connectivity index (χ2n) is 5.23. The van der Waals surface area contributed by atoms with Crippen molar-refractivity contribution in [3.63, 3.8) is 0 Å². The number of aliphatic hydroxyl groups excluding tert-OH is 1. The van der Waals surface area contributed by atoms with Crippen molar-refractivity contribution in [1.29, 1.82) is 0 Å². The SMILES string of the molecule is O=C(Nc1cccc(CO)c1)c1cnc(Cc2ccc(F)cc2)s1. The number of hydrogen-bond donors (Lipinski definition) is 2. The molecule has 0 aliphatic carbocycles. The molecule has 0 fully saturated rings. The van der Waals surface area contributed by atoms with Crippen LogP contribution in [0.5, 0.6) is 0 Å². The number of benzene rings is 2. The minimum absolute atomic E-state index is 0.0773. The van der Waals surface area contributed by atoms with Crippen LogP contribution in [0.25, 0.3) is 0 Å². The van der Waals surface area contributed by atoms with Gasteiger partial charge in [0.15, 0.2) is 0 Å². The molecule has 24 heavy (non-hydrogen) atoms. The molecule has 0 saturated heterocycles. The average molecular weight is 342 g/mol. The average Bonchev–Trinajstić information content (AvgIpc) is 3.06. The van der Waals surface area contributed by atoms with Gasteiger partial charge in [-0.25, -0.2) is 9.37 Å². The number of carbonyl (C=O) groups is 1. The number of nitrogens with one attached hydrogen (secondary N) is 1. The van der Waals surface area contributed by atoms with E-state index in [1.807, 2.05) is 0 Å². The fraction of sp³-hybridized carbons (Fsp3) is 0.111. The standard InChI is InChI=1S/C18H15FN2O2S/c19-14-6-4-12(5-7-14)9-17-20-10-16(24-17)18(23)21-15-3-1-2-13(8-15)11-22/h1-8,10,22H,9,11H2,(H,21,23). The third-order valence-electron chi connectivity index (χ3n) is 3.41. The predicted octanol–water partition coefficient (Wildman–Crippen LogP) is 3.62. The Morgan fingerprint density at radius 2 is 1.96 bits per heavy atom. The molecule has 0 atom stereocenters. The summed E-state index contributed by atoms with van der Waals surface area (Å²) in [5, 5.41) is 12.7. The number of anilines is 1. The van der Waals surface area contributed by atoms with Crippen LogP contribution in [0.3, 0.4) is 0 Å². The Hall–Kier alpha value is -2.57. The molecule has 0 bridgehead atoms. The Balaban J connectivity index is 1.67.